The lowest BCUT2D eigenvalue weighted by molar-refractivity contribution is 0.283. The first-order valence-corrected chi connectivity index (χ1v) is 12.9. The van der Waals surface area contributed by atoms with Crippen LogP contribution in [0.1, 0.15) is 38.8 Å². The molecule has 1 heterocycles. The topological polar surface area (TPSA) is 90.0 Å². The molecule has 0 spiro atoms. The van der Waals surface area contributed by atoms with E-state index in [1.54, 1.807) is 26.4 Å². The van der Waals surface area contributed by atoms with E-state index in [1.807, 2.05) is 76.2 Å². The van der Waals surface area contributed by atoms with E-state index in [4.69, 9.17) is 18.9 Å². The van der Waals surface area contributed by atoms with Gasteiger partial charge in [0.15, 0.2) is 23.0 Å². The van der Waals surface area contributed by atoms with Gasteiger partial charge in [0.1, 0.15) is 6.61 Å². The number of ether oxygens (including phenoxy) is 4. The van der Waals surface area contributed by atoms with Crippen molar-refractivity contribution < 1.29 is 24.1 Å². The van der Waals surface area contributed by atoms with Gasteiger partial charge in [-0.2, -0.15) is 0 Å². The maximum atomic E-state index is 13.0. The number of pyridine rings is 1. The zero-order valence-electron chi connectivity index (χ0n) is 23.4. The predicted molar refractivity (Wildman–Crippen MR) is 154 cm³/mol. The van der Waals surface area contributed by atoms with Crippen molar-refractivity contribution in [1.82, 2.24) is 4.98 Å². The first kappa shape index (κ1) is 30.3. The molecule has 3 aromatic carbocycles. The summed E-state index contributed by atoms with van der Waals surface area (Å²) in [7, 11) is 4.66. The van der Waals surface area contributed by atoms with Crippen LogP contribution < -0.4 is 24.5 Å². The molecule has 204 valence electrons. The van der Waals surface area contributed by atoms with E-state index in [9.17, 15) is 9.90 Å². The van der Waals surface area contributed by atoms with Crippen LogP contribution in [-0.4, -0.2) is 38.0 Å². The maximum absolute atomic E-state index is 13.0. The second kappa shape index (κ2) is 15.3. The van der Waals surface area contributed by atoms with E-state index in [2.05, 4.69) is 4.98 Å². The van der Waals surface area contributed by atoms with Crippen LogP contribution in [0.25, 0.3) is 22.0 Å². The largest absolute Gasteiger partial charge is 0.493 e. The van der Waals surface area contributed by atoms with Gasteiger partial charge in [-0.3, -0.25) is 4.79 Å². The molecule has 0 saturated carbocycles. The van der Waals surface area contributed by atoms with Crippen LogP contribution in [0.4, 0.5) is 0 Å². The van der Waals surface area contributed by atoms with Gasteiger partial charge in [0.05, 0.1) is 26.7 Å². The Bertz CT molecular complexity index is 1350. The summed E-state index contributed by atoms with van der Waals surface area (Å²) in [5, 5.41) is 10.8. The molecular formula is C31H39NO6. The number of aromatic nitrogens is 1. The molecular weight excluding hydrogens is 482 g/mol. The Morgan fingerprint density at radius 2 is 1.37 bits per heavy atom. The summed E-state index contributed by atoms with van der Waals surface area (Å²) >= 11 is 0. The zero-order chi connectivity index (χ0) is 28.1. The molecule has 38 heavy (non-hydrogen) atoms. The van der Waals surface area contributed by atoms with Crippen LogP contribution in [-0.2, 0) is 13.0 Å². The zero-order valence-corrected chi connectivity index (χ0v) is 23.4. The molecule has 4 aromatic rings. The summed E-state index contributed by atoms with van der Waals surface area (Å²) in [6.07, 6.45) is 0.386. The molecule has 0 bridgehead atoms. The molecule has 4 rings (SSSR count). The van der Waals surface area contributed by atoms with Crippen LogP contribution in [0.3, 0.4) is 0 Å². The molecule has 7 heteroatoms. The van der Waals surface area contributed by atoms with Gasteiger partial charge in [0.25, 0.3) is 5.56 Å². The number of benzene rings is 3. The number of aliphatic hydroxyl groups excluding tert-OH is 1. The van der Waals surface area contributed by atoms with Crippen molar-refractivity contribution in [3.63, 3.8) is 0 Å². The SMILES string of the molecule is CC.CC.COc1cc2cc(-c3cc(OCc4ccccc4)c(OC)cc3CCO)[nH]c(=O)c2cc1OC. The summed E-state index contributed by atoms with van der Waals surface area (Å²) in [6, 6.07) is 18.8. The lowest BCUT2D eigenvalue weighted by atomic mass is 9.99. The number of hydrogen-bond donors (Lipinski definition) is 2. The first-order chi connectivity index (χ1) is 18.6. The van der Waals surface area contributed by atoms with Gasteiger partial charge < -0.3 is 29.0 Å². The van der Waals surface area contributed by atoms with Gasteiger partial charge in [-0.05, 0) is 53.3 Å². The van der Waals surface area contributed by atoms with Gasteiger partial charge >= 0.3 is 0 Å². The second-order valence-corrected chi connectivity index (χ2v) is 7.71. The van der Waals surface area contributed by atoms with Crippen molar-refractivity contribution in [3.05, 3.63) is 82.1 Å². The van der Waals surface area contributed by atoms with Crippen molar-refractivity contribution in [2.45, 2.75) is 40.7 Å². The number of H-pyrrole nitrogens is 1. The third-order valence-electron chi connectivity index (χ3n) is 5.65. The highest BCUT2D eigenvalue weighted by atomic mass is 16.5. The Labute approximate surface area is 225 Å². The Kier molecular flexibility index (Phi) is 12.2. The quantitative estimate of drug-likeness (QED) is 0.265. The molecule has 0 saturated heterocycles. The fourth-order valence-electron chi connectivity index (χ4n) is 3.92. The minimum atomic E-state index is -0.258. The Morgan fingerprint density at radius 3 is 1.97 bits per heavy atom. The number of fused-ring (bicyclic) bond motifs is 1. The minimum absolute atomic E-state index is 0.0524. The number of hydrogen-bond acceptors (Lipinski definition) is 6. The van der Waals surface area contributed by atoms with E-state index in [0.29, 0.717) is 52.5 Å². The Morgan fingerprint density at radius 1 is 0.763 bits per heavy atom. The number of aliphatic hydroxyl groups is 1. The molecule has 0 amide bonds. The molecule has 0 unspecified atom stereocenters. The van der Waals surface area contributed by atoms with Crippen LogP contribution in [0.2, 0.25) is 0 Å². The van der Waals surface area contributed by atoms with E-state index < -0.39 is 0 Å². The van der Waals surface area contributed by atoms with E-state index in [1.165, 1.54) is 7.11 Å². The van der Waals surface area contributed by atoms with Crippen molar-refractivity contribution in [2.24, 2.45) is 0 Å². The van der Waals surface area contributed by atoms with Crippen molar-refractivity contribution in [3.8, 4) is 34.3 Å². The molecule has 7 nitrogen and oxygen atoms in total. The van der Waals surface area contributed by atoms with Crippen molar-refractivity contribution in [1.29, 1.82) is 0 Å². The fourth-order valence-corrected chi connectivity index (χ4v) is 3.92. The van der Waals surface area contributed by atoms with Crippen LogP contribution in [0, 0.1) is 0 Å². The third kappa shape index (κ3) is 7.07. The monoisotopic (exact) mass is 521 g/mol. The summed E-state index contributed by atoms with van der Waals surface area (Å²) < 4.78 is 22.4. The molecule has 0 fully saturated rings. The Hall–Kier alpha value is -3.97. The molecule has 0 atom stereocenters. The third-order valence-corrected chi connectivity index (χ3v) is 5.65. The number of nitrogens with one attached hydrogen (secondary N) is 1. The van der Waals surface area contributed by atoms with E-state index >= 15 is 0 Å². The van der Waals surface area contributed by atoms with E-state index in [0.717, 1.165) is 16.7 Å². The van der Waals surface area contributed by atoms with Crippen molar-refractivity contribution in [2.75, 3.05) is 27.9 Å². The van der Waals surface area contributed by atoms with Crippen LogP contribution in [0.15, 0.2) is 65.5 Å². The molecule has 0 aliphatic carbocycles. The van der Waals surface area contributed by atoms with Crippen LogP contribution in [0.5, 0.6) is 23.0 Å². The predicted octanol–water partition coefficient (Wildman–Crippen LogP) is 6.39. The first-order valence-electron chi connectivity index (χ1n) is 12.9. The van der Waals surface area contributed by atoms with Crippen LogP contribution >= 0.6 is 0 Å². The highest BCUT2D eigenvalue weighted by Gasteiger charge is 2.16. The number of aromatic amines is 1. The summed E-state index contributed by atoms with van der Waals surface area (Å²) in [6.45, 7) is 8.31. The number of methoxy groups -OCH3 is 3. The smallest absolute Gasteiger partial charge is 0.256 e. The average Bonchev–Trinajstić information content (AvgIpc) is 2.98. The second-order valence-electron chi connectivity index (χ2n) is 7.71. The van der Waals surface area contributed by atoms with Gasteiger partial charge in [0, 0.05) is 17.9 Å². The van der Waals surface area contributed by atoms with Gasteiger partial charge in [0.2, 0.25) is 0 Å². The van der Waals surface area contributed by atoms with Gasteiger partial charge in [-0.25, -0.2) is 0 Å². The highest BCUT2D eigenvalue weighted by molar-refractivity contribution is 5.88. The average molecular weight is 522 g/mol. The lowest BCUT2D eigenvalue weighted by Gasteiger charge is -2.17. The number of rotatable bonds is 9. The highest BCUT2D eigenvalue weighted by Crippen LogP contribution is 2.37. The molecule has 2 N–H and O–H groups in total. The van der Waals surface area contributed by atoms with E-state index in [-0.39, 0.29) is 12.2 Å². The molecule has 0 aliphatic rings. The standard InChI is InChI=1S/C27H27NO6.2C2H6/c1-31-23-13-19-11-22(28-27(30)21(19)15-25(23)33-3)20-14-26(24(32-2)12-18(20)9-10-29)34-16-17-7-5-4-6-8-17;2*1-2/h4-8,11-15,29H,9-10,16H2,1-3H3,(H,28,30);2*1-2H3. The summed E-state index contributed by atoms with van der Waals surface area (Å²) in [5.74, 6) is 2.10. The Balaban J connectivity index is 0.00000121. The summed E-state index contributed by atoms with van der Waals surface area (Å²) in [5.41, 5.74) is 2.92. The lowest BCUT2D eigenvalue weighted by Crippen LogP contribution is -2.09. The van der Waals surface area contributed by atoms with Crippen molar-refractivity contribution >= 4 is 10.8 Å². The maximum Gasteiger partial charge on any atom is 0.256 e. The molecule has 0 aliphatic heterocycles. The normalized spacial score (nSPS) is 10.0. The van der Waals surface area contributed by atoms with Gasteiger partial charge in [-0.1, -0.05) is 58.0 Å². The fraction of sp³-hybridized carbons (Fsp3) is 0.323. The summed E-state index contributed by atoms with van der Waals surface area (Å²) in [4.78, 5) is 15.9. The minimum Gasteiger partial charge on any atom is -0.493 e. The molecule has 0 radical (unpaired) electrons. The molecule has 1 aromatic heterocycles. The van der Waals surface area contributed by atoms with Gasteiger partial charge in [-0.15, -0.1) is 0 Å².